The summed E-state index contributed by atoms with van der Waals surface area (Å²) < 4.78 is 28.1. The SMILES string of the molecule is N#Cc1cc(F)c(N2CCC3CCCCC3C2)c(F)c1. The second-order valence-electron chi connectivity index (χ2n) is 5.94. The molecule has 1 heterocycles. The average molecular weight is 276 g/mol. The molecule has 20 heavy (non-hydrogen) atoms. The Hall–Kier alpha value is -1.63. The van der Waals surface area contributed by atoms with Crippen LogP contribution in [0.3, 0.4) is 0 Å². The second-order valence-corrected chi connectivity index (χ2v) is 5.94. The number of anilines is 1. The van der Waals surface area contributed by atoms with Crippen LogP contribution in [0.5, 0.6) is 0 Å². The van der Waals surface area contributed by atoms with Crippen molar-refractivity contribution in [3.8, 4) is 6.07 Å². The van der Waals surface area contributed by atoms with Crippen molar-refractivity contribution in [1.82, 2.24) is 0 Å². The summed E-state index contributed by atoms with van der Waals surface area (Å²) in [5.74, 6) is 0.0584. The molecule has 0 N–H and O–H groups in total. The van der Waals surface area contributed by atoms with Crippen molar-refractivity contribution < 1.29 is 8.78 Å². The zero-order chi connectivity index (χ0) is 14.1. The number of halogens is 2. The molecule has 1 saturated heterocycles. The van der Waals surface area contributed by atoms with Gasteiger partial charge in [-0.25, -0.2) is 8.78 Å². The summed E-state index contributed by atoms with van der Waals surface area (Å²) in [5, 5.41) is 8.75. The Kier molecular flexibility index (Phi) is 3.60. The van der Waals surface area contributed by atoms with Crippen LogP contribution in [0.25, 0.3) is 0 Å². The van der Waals surface area contributed by atoms with Crippen molar-refractivity contribution in [2.75, 3.05) is 18.0 Å². The van der Waals surface area contributed by atoms with Crippen LogP contribution in [0.1, 0.15) is 37.7 Å². The minimum atomic E-state index is -0.615. The van der Waals surface area contributed by atoms with Gasteiger partial charge in [-0.2, -0.15) is 5.26 Å². The number of piperidine rings is 1. The normalized spacial score (nSPS) is 25.9. The number of hydrogen-bond donors (Lipinski definition) is 0. The topological polar surface area (TPSA) is 27.0 Å². The van der Waals surface area contributed by atoms with E-state index in [9.17, 15) is 8.78 Å². The first-order chi connectivity index (χ1) is 9.69. The Bertz CT molecular complexity index is 527. The van der Waals surface area contributed by atoms with E-state index in [4.69, 9.17) is 5.26 Å². The third-order valence-electron chi connectivity index (χ3n) is 4.75. The summed E-state index contributed by atoms with van der Waals surface area (Å²) >= 11 is 0. The quantitative estimate of drug-likeness (QED) is 0.779. The smallest absolute Gasteiger partial charge is 0.150 e. The number of hydrogen-bond acceptors (Lipinski definition) is 2. The molecule has 1 aliphatic heterocycles. The third-order valence-corrected chi connectivity index (χ3v) is 4.75. The maximum absolute atomic E-state index is 14.1. The maximum atomic E-state index is 14.1. The average Bonchev–Trinajstić information content (AvgIpc) is 2.46. The Labute approximate surface area is 118 Å². The number of fused-ring (bicyclic) bond motifs is 1. The molecular weight excluding hydrogens is 258 g/mol. The lowest BCUT2D eigenvalue weighted by atomic mass is 9.75. The molecular formula is C16H18F2N2. The first-order valence-electron chi connectivity index (χ1n) is 7.33. The molecule has 2 fully saturated rings. The molecule has 0 radical (unpaired) electrons. The number of nitriles is 1. The largest absolute Gasteiger partial charge is 0.366 e. The summed E-state index contributed by atoms with van der Waals surface area (Å²) in [7, 11) is 0. The molecule has 1 aliphatic carbocycles. The van der Waals surface area contributed by atoms with Crippen LogP contribution in [-0.4, -0.2) is 13.1 Å². The van der Waals surface area contributed by atoms with E-state index in [2.05, 4.69) is 0 Å². The van der Waals surface area contributed by atoms with Crippen molar-refractivity contribution in [3.05, 3.63) is 29.3 Å². The molecule has 2 aliphatic rings. The number of nitrogens with zero attached hydrogens (tertiary/aromatic N) is 2. The Balaban J connectivity index is 1.85. The lowest BCUT2D eigenvalue weighted by molar-refractivity contribution is 0.201. The van der Waals surface area contributed by atoms with Gasteiger partial charge in [0.25, 0.3) is 0 Å². The molecule has 2 unspecified atom stereocenters. The fourth-order valence-electron chi connectivity index (χ4n) is 3.74. The van der Waals surface area contributed by atoms with Gasteiger partial charge in [0.05, 0.1) is 11.6 Å². The molecule has 1 saturated carbocycles. The monoisotopic (exact) mass is 276 g/mol. The molecule has 1 aromatic rings. The van der Waals surface area contributed by atoms with Gasteiger partial charge < -0.3 is 4.90 Å². The summed E-state index contributed by atoms with van der Waals surface area (Å²) in [6.45, 7) is 1.45. The van der Waals surface area contributed by atoms with E-state index < -0.39 is 11.6 Å². The fourth-order valence-corrected chi connectivity index (χ4v) is 3.74. The standard InChI is InChI=1S/C16H18F2N2/c17-14-7-11(9-19)8-15(18)16(14)20-6-5-12-3-1-2-4-13(12)10-20/h7-8,12-13H,1-6,10H2. The van der Waals surface area contributed by atoms with E-state index in [-0.39, 0.29) is 11.3 Å². The molecule has 1 aromatic carbocycles. The van der Waals surface area contributed by atoms with E-state index in [1.54, 1.807) is 6.07 Å². The third kappa shape index (κ3) is 2.37. The summed E-state index contributed by atoms with van der Waals surface area (Å²) in [6.07, 6.45) is 5.97. The van der Waals surface area contributed by atoms with Crippen molar-refractivity contribution in [3.63, 3.8) is 0 Å². The zero-order valence-electron chi connectivity index (χ0n) is 11.4. The highest BCUT2D eigenvalue weighted by atomic mass is 19.1. The van der Waals surface area contributed by atoms with Crippen molar-refractivity contribution >= 4 is 5.69 Å². The van der Waals surface area contributed by atoms with E-state index in [0.29, 0.717) is 12.5 Å². The molecule has 3 rings (SSSR count). The Morgan fingerprint density at radius 2 is 1.70 bits per heavy atom. The predicted molar refractivity (Wildman–Crippen MR) is 73.4 cm³/mol. The van der Waals surface area contributed by atoms with E-state index in [1.807, 2.05) is 4.90 Å². The molecule has 106 valence electrons. The van der Waals surface area contributed by atoms with Gasteiger partial charge in [-0.05, 0) is 36.8 Å². The molecule has 2 nitrogen and oxygen atoms in total. The van der Waals surface area contributed by atoms with Gasteiger partial charge in [0, 0.05) is 13.1 Å². The van der Waals surface area contributed by atoms with Crippen LogP contribution in [-0.2, 0) is 0 Å². The lowest BCUT2D eigenvalue weighted by Crippen LogP contribution is -2.42. The minimum Gasteiger partial charge on any atom is -0.366 e. The van der Waals surface area contributed by atoms with E-state index >= 15 is 0 Å². The van der Waals surface area contributed by atoms with Crippen LogP contribution in [0.2, 0.25) is 0 Å². The number of rotatable bonds is 1. The van der Waals surface area contributed by atoms with Gasteiger partial charge in [-0.15, -0.1) is 0 Å². The number of benzene rings is 1. The molecule has 4 heteroatoms. The van der Waals surface area contributed by atoms with Gasteiger partial charge in [-0.1, -0.05) is 19.3 Å². The Morgan fingerprint density at radius 1 is 1.05 bits per heavy atom. The highest BCUT2D eigenvalue weighted by Crippen LogP contribution is 2.38. The minimum absolute atomic E-state index is 0.0382. The maximum Gasteiger partial charge on any atom is 0.150 e. The van der Waals surface area contributed by atoms with Crippen molar-refractivity contribution in [2.24, 2.45) is 11.8 Å². The van der Waals surface area contributed by atoms with Crippen LogP contribution >= 0.6 is 0 Å². The van der Waals surface area contributed by atoms with E-state index in [1.165, 1.54) is 25.7 Å². The first kappa shape index (κ1) is 13.4. The Morgan fingerprint density at radius 3 is 2.35 bits per heavy atom. The van der Waals surface area contributed by atoms with Crippen LogP contribution in [0, 0.1) is 34.8 Å². The molecule has 0 amide bonds. The lowest BCUT2D eigenvalue weighted by Gasteiger charge is -2.42. The molecule has 0 aromatic heterocycles. The summed E-state index contributed by atoms with van der Waals surface area (Å²) in [6, 6.07) is 4.05. The van der Waals surface area contributed by atoms with Gasteiger partial charge in [0.2, 0.25) is 0 Å². The highest BCUT2D eigenvalue weighted by molar-refractivity contribution is 5.53. The van der Waals surface area contributed by atoms with Gasteiger partial charge in [0.1, 0.15) is 5.69 Å². The molecule has 2 atom stereocenters. The van der Waals surface area contributed by atoms with Gasteiger partial charge in [0.15, 0.2) is 11.6 Å². The zero-order valence-corrected chi connectivity index (χ0v) is 11.4. The summed E-state index contributed by atoms with van der Waals surface area (Å²) in [5.41, 5.74) is 0.0873. The van der Waals surface area contributed by atoms with E-state index in [0.717, 1.165) is 31.0 Å². The van der Waals surface area contributed by atoms with Crippen molar-refractivity contribution in [2.45, 2.75) is 32.1 Å². The highest BCUT2D eigenvalue weighted by Gasteiger charge is 2.33. The van der Waals surface area contributed by atoms with Gasteiger partial charge >= 0.3 is 0 Å². The summed E-state index contributed by atoms with van der Waals surface area (Å²) in [4.78, 5) is 1.83. The van der Waals surface area contributed by atoms with Crippen LogP contribution < -0.4 is 4.90 Å². The van der Waals surface area contributed by atoms with Crippen molar-refractivity contribution in [1.29, 1.82) is 5.26 Å². The first-order valence-corrected chi connectivity index (χ1v) is 7.33. The van der Waals surface area contributed by atoms with Crippen LogP contribution in [0.15, 0.2) is 12.1 Å². The molecule has 0 spiro atoms. The second kappa shape index (κ2) is 5.40. The fraction of sp³-hybridized carbons (Fsp3) is 0.562. The molecule has 0 bridgehead atoms. The predicted octanol–water partition coefficient (Wildman–Crippen LogP) is 3.85. The van der Waals surface area contributed by atoms with Crippen LogP contribution in [0.4, 0.5) is 14.5 Å². The van der Waals surface area contributed by atoms with Gasteiger partial charge in [-0.3, -0.25) is 0 Å².